The Morgan fingerprint density at radius 2 is 2.26 bits per heavy atom. The molecule has 0 spiro atoms. The summed E-state index contributed by atoms with van der Waals surface area (Å²) in [5.74, 6) is 1.06. The van der Waals surface area contributed by atoms with Gasteiger partial charge in [-0.2, -0.15) is 0 Å². The first-order chi connectivity index (χ1) is 8.91. The van der Waals surface area contributed by atoms with Crippen LogP contribution >= 0.6 is 0 Å². The van der Waals surface area contributed by atoms with E-state index in [9.17, 15) is 5.11 Å². The number of likely N-dealkylation sites (N-methyl/N-ethyl adjacent to an activating group) is 1. The Bertz CT molecular complexity index is 379. The molecule has 1 heterocycles. The largest absolute Gasteiger partial charge is 0.394 e. The molecule has 0 aliphatic rings. The molecule has 0 aliphatic heterocycles. The van der Waals surface area contributed by atoms with Crippen molar-refractivity contribution in [1.29, 1.82) is 0 Å². The number of aryl methyl sites for hydroxylation is 1. The molecule has 19 heavy (non-hydrogen) atoms. The summed E-state index contributed by atoms with van der Waals surface area (Å²) < 4.78 is 2.04. The zero-order chi connectivity index (χ0) is 14.5. The van der Waals surface area contributed by atoms with Crippen LogP contribution in [0.2, 0.25) is 0 Å². The van der Waals surface area contributed by atoms with Crippen molar-refractivity contribution in [1.82, 2.24) is 19.8 Å². The van der Waals surface area contributed by atoms with E-state index in [4.69, 9.17) is 0 Å². The molecule has 0 saturated heterocycles. The van der Waals surface area contributed by atoms with Gasteiger partial charge in [-0.15, -0.1) is 0 Å². The molecular weight excluding hydrogens is 240 g/mol. The zero-order valence-corrected chi connectivity index (χ0v) is 12.8. The maximum absolute atomic E-state index is 9.55. The minimum Gasteiger partial charge on any atom is -0.394 e. The second-order valence-electron chi connectivity index (χ2n) is 5.67. The van der Waals surface area contributed by atoms with Gasteiger partial charge in [-0.05, 0) is 33.9 Å². The van der Waals surface area contributed by atoms with E-state index in [0.29, 0.717) is 6.04 Å². The third-order valence-corrected chi connectivity index (χ3v) is 3.76. The number of aromatic nitrogens is 2. The zero-order valence-electron chi connectivity index (χ0n) is 12.8. The Morgan fingerprint density at radius 1 is 1.58 bits per heavy atom. The Labute approximate surface area is 116 Å². The van der Waals surface area contributed by atoms with Crippen LogP contribution in [-0.2, 0) is 13.6 Å². The summed E-state index contributed by atoms with van der Waals surface area (Å²) in [5, 5.41) is 12.9. The first kappa shape index (κ1) is 16.1. The van der Waals surface area contributed by atoms with Crippen LogP contribution in [0, 0.1) is 0 Å². The van der Waals surface area contributed by atoms with E-state index < -0.39 is 0 Å². The highest BCUT2D eigenvalue weighted by molar-refractivity contribution is 4.92. The number of hydrogen-bond donors (Lipinski definition) is 2. The molecule has 0 fully saturated rings. The molecular formula is C14H28N4O. The summed E-state index contributed by atoms with van der Waals surface area (Å²) in [6.45, 7) is 8.17. The van der Waals surface area contributed by atoms with Crippen LogP contribution in [-0.4, -0.2) is 51.3 Å². The normalized spacial score (nSPS) is 16.6. The number of hydrogen-bond acceptors (Lipinski definition) is 4. The average Bonchev–Trinajstić information content (AvgIpc) is 2.75. The van der Waals surface area contributed by atoms with Gasteiger partial charge in [-0.1, -0.05) is 6.92 Å². The molecule has 0 aliphatic carbocycles. The molecule has 2 atom stereocenters. The van der Waals surface area contributed by atoms with Gasteiger partial charge in [0.1, 0.15) is 5.82 Å². The minimum atomic E-state index is -0.218. The van der Waals surface area contributed by atoms with E-state index in [1.165, 1.54) is 0 Å². The first-order valence-corrected chi connectivity index (χ1v) is 6.94. The Morgan fingerprint density at radius 3 is 2.74 bits per heavy atom. The number of rotatable bonds is 8. The van der Waals surface area contributed by atoms with E-state index >= 15 is 0 Å². The average molecular weight is 268 g/mol. The van der Waals surface area contributed by atoms with Crippen LogP contribution in [0.3, 0.4) is 0 Å². The van der Waals surface area contributed by atoms with Gasteiger partial charge in [-0.3, -0.25) is 4.90 Å². The predicted molar refractivity (Wildman–Crippen MR) is 77.9 cm³/mol. The molecule has 0 amide bonds. The van der Waals surface area contributed by atoms with Crippen molar-refractivity contribution >= 4 is 0 Å². The summed E-state index contributed by atoms with van der Waals surface area (Å²) >= 11 is 0. The van der Waals surface area contributed by atoms with Gasteiger partial charge >= 0.3 is 0 Å². The van der Waals surface area contributed by atoms with E-state index in [1.807, 2.05) is 24.0 Å². The smallest absolute Gasteiger partial charge is 0.122 e. The lowest BCUT2D eigenvalue weighted by Crippen LogP contribution is -2.50. The molecule has 1 aromatic heterocycles. The van der Waals surface area contributed by atoms with Crippen LogP contribution in [0.5, 0.6) is 0 Å². The quantitative estimate of drug-likeness (QED) is 0.738. The van der Waals surface area contributed by atoms with Crippen molar-refractivity contribution in [3.05, 3.63) is 18.2 Å². The number of aliphatic hydroxyl groups excluding tert-OH is 1. The van der Waals surface area contributed by atoms with Gasteiger partial charge < -0.3 is 15.0 Å². The highest BCUT2D eigenvalue weighted by Crippen LogP contribution is 2.16. The Balaban J connectivity index is 2.57. The Hall–Kier alpha value is -0.910. The lowest BCUT2D eigenvalue weighted by atomic mass is 9.94. The van der Waals surface area contributed by atoms with Crippen LogP contribution in [0.1, 0.15) is 33.0 Å². The van der Waals surface area contributed by atoms with Crippen molar-refractivity contribution in [2.75, 3.05) is 20.2 Å². The molecule has 5 heteroatoms. The molecule has 2 unspecified atom stereocenters. The number of aliphatic hydroxyl groups is 1. The van der Waals surface area contributed by atoms with Gasteiger partial charge in [0, 0.05) is 31.0 Å². The summed E-state index contributed by atoms with van der Waals surface area (Å²) in [4.78, 5) is 6.62. The lowest BCUT2D eigenvalue weighted by molar-refractivity contribution is 0.123. The van der Waals surface area contributed by atoms with Crippen molar-refractivity contribution in [3.8, 4) is 0 Å². The predicted octanol–water partition coefficient (Wildman–Crippen LogP) is 0.991. The van der Waals surface area contributed by atoms with Crippen LogP contribution in [0.15, 0.2) is 12.4 Å². The molecule has 2 N–H and O–H groups in total. The fourth-order valence-corrected chi connectivity index (χ4v) is 2.35. The summed E-state index contributed by atoms with van der Waals surface area (Å²) in [5.41, 5.74) is -0.218. The van der Waals surface area contributed by atoms with Crippen molar-refractivity contribution in [2.45, 2.75) is 45.3 Å². The maximum atomic E-state index is 9.55. The van der Waals surface area contributed by atoms with E-state index in [0.717, 1.165) is 25.3 Å². The monoisotopic (exact) mass is 268 g/mol. The molecule has 110 valence electrons. The second kappa shape index (κ2) is 7.03. The van der Waals surface area contributed by atoms with E-state index in [-0.39, 0.29) is 12.1 Å². The molecule has 1 aromatic rings. The fourth-order valence-electron chi connectivity index (χ4n) is 2.35. The van der Waals surface area contributed by atoms with Gasteiger partial charge in [0.05, 0.1) is 13.2 Å². The minimum absolute atomic E-state index is 0.154. The molecule has 0 radical (unpaired) electrons. The number of nitrogens with zero attached hydrogens (tertiary/aromatic N) is 3. The van der Waals surface area contributed by atoms with Crippen LogP contribution < -0.4 is 5.32 Å². The SMILES string of the molecule is CCNC(C)(CO)CC(C)N(C)Cc1nccn1C. The number of nitrogens with one attached hydrogen (secondary N) is 1. The fraction of sp³-hybridized carbons (Fsp3) is 0.786. The molecule has 0 aromatic carbocycles. The van der Waals surface area contributed by atoms with Crippen molar-refractivity contribution in [2.24, 2.45) is 7.05 Å². The van der Waals surface area contributed by atoms with Crippen LogP contribution in [0.4, 0.5) is 0 Å². The van der Waals surface area contributed by atoms with E-state index in [2.05, 4.69) is 43.0 Å². The molecule has 5 nitrogen and oxygen atoms in total. The molecule has 0 saturated carbocycles. The third-order valence-electron chi connectivity index (χ3n) is 3.76. The van der Waals surface area contributed by atoms with Crippen molar-refractivity contribution < 1.29 is 5.11 Å². The third kappa shape index (κ3) is 4.60. The number of imidazole rings is 1. The summed E-state index contributed by atoms with van der Waals surface area (Å²) in [6, 6.07) is 0.368. The topological polar surface area (TPSA) is 53.3 Å². The highest BCUT2D eigenvalue weighted by atomic mass is 16.3. The second-order valence-corrected chi connectivity index (χ2v) is 5.67. The van der Waals surface area contributed by atoms with Gasteiger partial charge in [-0.25, -0.2) is 4.98 Å². The van der Waals surface area contributed by atoms with E-state index in [1.54, 1.807) is 0 Å². The highest BCUT2D eigenvalue weighted by Gasteiger charge is 2.26. The molecule has 1 rings (SSSR count). The lowest BCUT2D eigenvalue weighted by Gasteiger charge is -2.35. The Kier molecular flexibility index (Phi) is 5.97. The van der Waals surface area contributed by atoms with Crippen molar-refractivity contribution in [3.63, 3.8) is 0 Å². The summed E-state index contributed by atoms with van der Waals surface area (Å²) in [6.07, 6.45) is 4.69. The molecule has 0 bridgehead atoms. The van der Waals surface area contributed by atoms with Gasteiger partial charge in [0.15, 0.2) is 0 Å². The first-order valence-electron chi connectivity index (χ1n) is 6.94. The van der Waals surface area contributed by atoms with Gasteiger partial charge in [0.25, 0.3) is 0 Å². The summed E-state index contributed by atoms with van der Waals surface area (Å²) in [7, 11) is 4.11. The standard InChI is InChI=1S/C14H28N4O/c1-6-16-14(3,11-19)9-12(2)18(5)10-13-15-7-8-17(13)4/h7-8,12,16,19H,6,9-11H2,1-5H3. The van der Waals surface area contributed by atoms with Crippen LogP contribution in [0.25, 0.3) is 0 Å². The maximum Gasteiger partial charge on any atom is 0.122 e. The van der Waals surface area contributed by atoms with Gasteiger partial charge in [0.2, 0.25) is 0 Å².